The number of carbonyl (C=O) groups is 1. The first-order chi connectivity index (χ1) is 9.26. The van der Waals surface area contributed by atoms with E-state index in [1.807, 2.05) is 30.3 Å². The van der Waals surface area contributed by atoms with Crippen LogP contribution in [0.2, 0.25) is 0 Å². The van der Waals surface area contributed by atoms with Crippen LogP contribution < -0.4 is 0 Å². The first-order valence-corrected chi connectivity index (χ1v) is 6.12. The van der Waals surface area contributed by atoms with Gasteiger partial charge < -0.3 is 4.90 Å². The summed E-state index contributed by atoms with van der Waals surface area (Å²) >= 11 is 0. The van der Waals surface area contributed by atoms with Gasteiger partial charge in [-0.3, -0.25) is 9.78 Å². The van der Waals surface area contributed by atoms with Crippen LogP contribution in [0.3, 0.4) is 0 Å². The van der Waals surface area contributed by atoms with E-state index in [4.69, 9.17) is 0 Å². The van der Waals surface area contributed by atoms with E-state index < -0.39 is 0 Å². The highest BCUT2D eigenvalue weighted by molar-refractivity contribution is 5.97. The number of pyridine rings is 1. The summed E-state index contributed by atoms with van der Waals surface area (Å²) in [4.78, 5) is 18.3. The summed E-state index contributed by atoms with van der Waals surface area (Å²) in [5, 5.41) is 0.963. The molecule has 0 aliphatic rings. The summed E-state index contributed by atoms with van der Waals surface area (Å²) in [6, 6.07) is 9.60. The average molecular weight is 252 g/mol. The minimum atomic E-state index is -0.0574. The van der Waals surface area contributed by atoms with Gasteiger partial charge in [-0.15, -0.1) is 13.2 Å². The van der Waals surface area contributed by atoms with Gasteiger partial charge in [0, 0.05) is 24.7 Å². The zero-order chi connectivity index (χ0) is 13.7. The molecule has 0 saturated carbocycles. The van der Waals surface area contributed by atoms with E-state index in [1.54, 1.807) is 23.2 Å². The predicted octanol–water partition coefficient (Wildman–Crippen LogP) is 3.05. The first-order valence-electron chi connectivity index (χ1n) is 6.12. The molecule has 0 N–H and O–H groups in total. The van der Waals surface area contributed by atoms with Gasteiger partial charge in [0.1, 0.15) is 0 Å². The second kappa shape index (κ2) is 5.96. The van der Waals surface area contributed by atoms with E-state index in [-0.39, 0.29) is 5.91 Å². The summed E-state index contributed by atoms with van der Waals surface area (Å²) < 4.78 is 0. The van der Waals surface area contributed by atoms with Crippen molar-refractivity contribution < 1.29 is 4.79 Å². The van der Waals surface area contributed by atoms with E-state index >= 15 is 0 Å². The van der Waals surface area contributed by atoms with Gasteiger partial charge in [0.2, 0.25) is 0 Å². The number of nitrogens with zero attached hydrogens (tertiary/aromatic N) is 2. The van der Waals surface area contributed by atoms with Gasteiger partial charge in [0.15, 0.2) is 0 Å². The second-order valence-electron chi connectivity index (χ2n) is 4.20. The van der Waals surface area contributed by atoms with Gasteiger partial charge in [-0.25, -0.2) is 0 Å². The molecule has 2 aromatic rings. The van der Waals surface area contributed by atoms with Crippen molar-refractivity contribution in [1.82, 2.24) is 9.88 Å². The average Bonchev–Trinajstić information content (AvgIpc) is 2.46. The number of para-hydroxylation sites is 1. The van der Waals surface area contributed by atoms with Crippen molar-refractivity contribution in [2.75, 3.05) is 13.1 Å². The number of hydrogen-bond acceptors (Lipinski definition) is 2. The summed E-state index contributed by atoms with van der Waals surface area (Å²) in [6.45, 7) is 8.33. The number of carbonyl (C=O) groups excluding carboxylic acids is 1. The third kappa shape index (κ3) is 2.88. The molecule has 96 valence electrons. The lowest BCUT2D eigenvalue weighted by Gasteiger charge is -2.19. The molecule has 0 bridgehead atoms. The molecular weight excluding hydrogens is 236 g/mol. The molecule has 0 fully saturated rings. The van der Waals surface area contributed by atoms with Crippen molar-refractivity contribution in [3.8, 4) is 0 Å². The van der Waals surface area contributed by atoms with E-state index in [0.717, 1.165) is 10.9 Å². The number of rotatable bonds is 5. The highest BCUT2D eigenvalue weighted by Crippen LogP contribution is 2.14. The Labute approximate surface area is 112 Å². The number of aromatic nitrogens is 1. The maximum absolute atomic E-state index is 12.4. The van der Waals surface area contributed by atoms with Crippen LogP contribution in [-0.2, 0) is 0 Å². The molecule has 1 aromatic heterocycles. The quantitative estimate of drug-likeness (QED) is 0.766. The van der Waals surface area contributed by atoms with Crippen molar-refractivity contribution in [1.29, 1.82) is 0 Å². The molecule has 0 atom stereocenters. The highest BCUT2D eigenvalue weighted by atomic mass is 16.2. The van der Waals surface area contributed by atoms with Crippen LogP contribution in [0.5, 0.6) is 0 Å². The van der Waals surface area contributed by atoms with Crippen molar-refractivity contribution in [2.24, 2.45) is 0 Å². The molecule has 0 radical (unpaired) electrons. The minimum absolute atomic E-state index is 0.0574. The molecule has 2 rings (SSSR count). The Morgan fingerprint density at radius 2 is 1.89 bits per heavy atom. The van der Waals surface area contributed by atoms with Gasteiger partial charge in [-0.1, -0.05) is 30.4 Å². The van der Waals surface area contributed by atoms with E-state index in [1.165, 1.54) is 0 Å². The zero-order valence-corrected chi connectivity index (χ0v) is 10.7. The maximum atomic E-state index is 12.4. The van der Waals surface area contributed by atoms with Crippen LogP contribution in [0, 0.1) is 0 Å². The third-order valence-corrected chi connectivity index (χ3v) is 2.82. The van der Waals surface area contributed by atoms with Gasteiger partial charge in [-0.05, 0) is 12.1 Å². The van der Waals surface area contributed by atoms with E-state index in [2.05, 4.69) is 18.1 Å². The Kier molecular flexibility index (Phi) is 4.08. The summed E-state index contributed by atoms with van der Waals surface area (Å²) in [5.74, 6) is -0.0574. The SMILES string of the molecule is C=CCN(CC=C)C(=O)c1cnc2ccccc2c1. The number of amides is 1. The monoisotopic (exact) mass is 252 g/mol. The van der Waals surface area contributed by atoms with Crippen molar-refractivity contribution in [3.63, 3.8) is 0 Å². The molecule has 0 spiro atoms. The number of fused-ring (bicyclic) bond motifs is 1. The molecule has 1 amide bonds. The topological polar surface area (TPSA) is 33.2 Å². The van der Waals surface area contributed by atoms with Gasteiger partial charge in [-0.2, -0.15) is 0 Å². The Morgan fingerprint density at radius 3 is 2.58 bits per heavy atom. The summed E-state index contributed by atoms with van der Waals surface area (Å²) in [5.41, 5.74) is 1.47. The number of benzene rings is 1. The van der Waals surface area contributed by atoms with Crippen LogP contribution in [0.15, 0.2) is 61.8 Å². The minimum Gasteiger partial charge on any atom is -0.331 e. The Hall–Kier alpha value is -2.42. The lowest BCUT2D eigenvalue weighted by molar-refractivity contribution is 0.0790. The van der Waals surface area contributed by atoms with Gasteiger partial charge in [0.25, 0.3) is 5.91 Å². The fourth-order valence-corrected chi connectivity index (χ4v) is 1.92. The normalized spacial score (nSPS) is 10.1. The lowest BCUT2D eigenvalue weighted by Crippen LogP contribution is -2.31. The Bertz CT molecular complexity index is 609. The van der Waals surface area contributed by atoms with Crippen molar-refractivity contribution in [2.45, 2.75) is 0 Å². The smallest absolute Gasteiger partial charge is 0.256 e. The molecule has 3 nitrogen and oxygen atoms in total. The lowest BCUT2D eigenvalue weighted by atomic mass is 10.1. The van der Waals surface area contributed by atoms with Crippen molar-refractivity contribution in [3.05, 3.63) is 67.4 Å². The zero-order valence-electron chi connectivity index (χ0n) is 10.7. The summed E-state index contributed by atoms with van der Waals surface area (Å²) in [6.07, 6.45) is 5.02. The summed E-state index contributed by atoms with van der Waals surface area (Å²) in [7, 11) is 0. The fraction of sp³-hybridized carbons (Fsp3) is 0.125. The van der Waals surface area contributed by atoms with Crippen LogP contribution in [0.1, 0.15) is 10.4 Å². The standard InChI is InChI=1S/C16H16N2O/c1-3-9-18(10-4-2)16(19)14-11-13-7-5-6-8-15(13)17-12-14/h3-8,11-12H,1-2,9-10H2. The second-order valence-corrected chi connectivity index (χ2v) is 4.20. The molecule has 0 unspecified atom stereocenters. The fourth-order valence-electron chi connectivity index (χ4n) is 1.92. The first kappa shape index (κ1) is 13.0. The number of hydrogen-bond donors (Lipinski definition) is 0. The molecule has 1 aromatic carbocycles. The Morgan fingerprint density at radius 1 is 1.21 bits per heavy atom. The third-order valence-electron chi connectivity index (χ3n) is 2.82. The Balaban J connectivity index is 2.33. The molecule has 3 heteroatoms. The highest BCUT2D eigenvalue weighted by Gasteiger charge is 2.13. The largest absolute Gasteiger partial charge is 0.331 e. The van der Waals surface area contributed by atoms with Gasteiger partial charge >= 0.3 is 0 Å². The van der Waals surface area contributed by atoms with Crippen LogP contribution in [0.25, 0.3) is 10.9 Å². The molecule has 1 heterocycles. The van der Waals surface area contributed by atoms with Crippen LogP contribution in [-0.4, -0.2) is 28.9 Å². The van der Waals surface area contributed by atoms with Crippen LogP contribution in [0.4, 0.5) is 0 Å². The van der Waals surface area contributed by atoms with E-state index in [0.29, 0.717) is 18.7 Å². The molecular formula is C16H16N2O. The van der Waals surface area contributed by atoms with Crippen LogP contribution >= 0.6 is 0 Å². The molecule has 19 heavy (non-hydrogen) atoms. The molecule has 0 saturated heterocycles. The molecule has 0 aliphatic carbocycles. The maximum Gasteiger partial charge on any atom is 0.256 e. The van der Waals surface area contributed by atoms with Gasteiger partial charge in [0.05, 0.1) is 11.1 Å². The molecule has 0 aliphatic heterocycles. The predicted molar refractivity (Wildman–Crippen MR) is 78.0 cm³/mol. The van der Waals surface area contributed by atoms with E-state index in [9.17, 15) is 4.79 Å². The van der Waals surface area contributed by atoms with Crippen molar-refractivity contribution >= 4 is 16.8 Å².